The summed E-state index contributed by atoms with van der Waals surface area (Å²) in [6.07, 6.45) is -2.65. The number of carbonyl (C=O) groups is 4. The van der Waals surface area contributed by atoms with Crippen molar-refractivity contribution < 1.29 is 39.6 Å². The lowest BCUT2D eigenvalue weighted by molar-refractivity contribution is -0.146. The van der Waals surface area contributed by atoms with E-state index in [9.17, 15) is 29.4 Å². The maximum atomic E-state index is 12.6. The second-order valence-electron chi connectivity index (χ2n) is 7.27. The number of aliphatic carboxylic acids is 1. The van der Waals surface area contributed by atoms with E-state index in [0.717, 1.165) is 6.92 Å². The summed E-state index contributed by atoms with van der Waals surface area (Å²) in [6.45, 7) is 5.32. The number of aliphatic hydroxyl groups is 3. The number of hydrogen-bond donors (Lipinski definition) is 8. The van der Waals surface area contributed by atoms with Crippen molar-refractivity contribution in [1.82, 2.24) is 16.0 Å². The monoisotopic (exact) mass is 420 g/mol. The van der Waals surface area contributed by atoms with Crippen molar-refractivity contribution >= 4 is 23.7 Å². The lowest BCUT2D eigenvalue weighted by atomic mass is 10.0. The molecule has 6 atom stereocenters. The van der Waals surface area contributed by atoms with Gasteiger partial charge in [-0.15, -0.1) is 0 Å². The molecule has 0 rings (SSSR count). The quantitative estimate of drug-likeness (QED) is 0.158. The summed E-state index contributed by atoms with van der Waals surface area (Å²) in [5, 5.41) is 44.0. The number of carboxylic acids is 1. The maximum absolute atomic E-state index is 12.6. The van der Waals surface area contributed by atoms with Crippen molar-refractivity contribution in [1.29, 1.82) is 0 Å². The predicted molar refractivity (Wildman–Crippen MR) is 101 cm³/mol. The highest BCUT2D eigenvalue weighted by atomic mass is 16.4. The second-order valence-corrected chi connectivity index (χ2v) is 7.27. The normalized spacial score (nSPS) is 17.4. The number of nitrogens with one attached hydrogen (secondary N) is 3. The lowest BCUT2D eigenvalue weighted by Crippen LogP contribution is -2.61. The van der Waals surface area contributed by atoms with Gasteiger partial charge in [0.2, 0.25) is 17.7 Å². The van der Waals surface area contributed by atoms with Crippen LogP contribution in [0.2, 0.25) is 0 Å². The third-order valence-corrected chi connectivity index (χ3v) is 3.98. The summed E-state index contributed by atoms with van der Waals surface area (Å²) in [4.78, 5) is 48.0. The summed E-state index contributed by atoms with van der Waals surface area (Å²) in [5.41, 5.74) is 5.43. The Bertz CT molecular complexity index is 582. The van der Waals surface area contributed by atoms with Crippen LogP contribution in [0.3, 0.4) is 0 Å². The SMILES string of the molecule is CC(C)CC(NC(=O)C(N)CO)C(=O)NC(C(=O)NC(C(=O)O)C(C)O)C(C)O. The van der Waals surface area contributed by atoms with Crippen LogP contribution in [0.4, 0.5) is 0 Å². The van der Waals surface area contributed by atoms with Crippen LogP contribution in [0.5, 0.6) is 0 Å². The zero-order chi connectivity index (χ0) is 22.9. The van der Waals surface area contributed by atoms with Crippen molar-refractivity contribution in [3.05, 3.63) is 0 Å². The number of rotatable bonds is 12. The average Bonchev–Trinajstić information content (AvgIpc) is 2.60. The second kappa shape index (κ2) is 12.3. The molecule has 0 fully saturated rings. The molecule has 0 radical (unpaired) electrons. The first-order chi connectivity index (χ1) is 13.3. The molecule has 29 heavy (non-hydrogen) atoms. The van der Waals surface area contributed by atoms with Crippen LogP contribution in [0.25, 0.3) is 0 Å². The Labute approximate surface area is 168 Å². The van der Waals surface area contributed by atoms with E-state index in [2.05, 4.69) is 10.6 Å². The number of aliphatic hydroxyl groups excluding tert-OH is 3. The van der Waals surface area contributed by atoms with E-state index in [-0.39, 0.29) is 12.3 Å². The van der Waals surface area contributed by atoms with Gasteiger partial charge in [0, 0.05) is 0 Å². The van der Waals surface area contributed by atoms with Crippen LogP contribution < -0.4 is 21.7 Å². The van der Waals surface area contributed by atoms with E-state index in [1.165, 1.54) is 6.92 Å². The molecule has 0 aromatic rings. The van der Waals surface area contributed by atoms with Gasteiger partial charge in [0.25, 0.3) is 0 Å². The first-order valence-corrected chi connectivity index (χ1v) is 9.18. The highest BCUT2D eigenvalue weighted by Crippen LogP contribution is 2.07. The number of carboxylic acid groups (broad SMARTS) is 1. The molecule has 0 aliphatic heterocycles. The van der Waals surface area contributed by atoms with Crippen molar-refractivity contribution in [3.8, 4) is 0 Å². The van der Waals surface area contributed by atoms with Gasteiger partial charge >= 0.3 is 5.97 Å². The number of carbonyl (C=O) groups excluding carboxylic acids is 3. The van der Waals surface area contributed by atoms with Gasteiger partial charge in [-0.3, -0.25) is 14.4 Å². The summed E-state index contributed by atoms with van der Waals surface area (Å²) >= 11 is 0. The summed E-state index contributed by atoms with van der Waals surface area (Å²) < 4.78 is 0. The highest BCUT2D eigenvalue weighted by Gasteiger charge is 2.34. The Balaban J connectivity index is 5.38. The zero-order valence-corrected chi connectivity index (χ0v) is 17.0. The largest absolute Gasteiger partial charge is 0.480 e. The van der Waals surface area contributed by atoms with Crippen LogP contribution in [0.1, 0.15) is 34.1 Å². The van der Waals surface area contributed by atoms with Gasteiger partial charge in [-0.2, -0.15) is 0 Å². The molecule has 0 spiro atoms. The molecule has 0 bridgehead atoms. The Morgan fingerprint density at radius 1 is 0.828 bits per heavy atom. The van der Waals surface area contributed by atoms with E-state index in [1.54, 1.807) is 13.8 Å². The lowest BCUT2D eigenvalue weighted by Gasteiger charge is -2.27. The molecule has 168 valence electrons. The molecule has 0 aromatic heterocycles. The standard InChI is InChI=1S/C17H32N4O8/c1-7(2)5-11(19-14(25)10(18)6-22)15(26)20-12(8(3)23)16(27)21-13(9(4)24)17(28)29/h7-13,22-24H,5-6,18H2,1-4H3,(H,19,25)(H,20,26)(H,21,27)(H,28,29). The number of hydrogen-bond acceptors (Lipinski definition) is 8. The van der Waals surface area contributed by atoms with Gasteiger partial charge in [0.05, 0.1) is 18.8 Å². The first kappa shape index (κ1) is 26.7. The fourth-order valence-electron chi connectivity index (χ4n) is 2.36. The van der Waals surface area contributed by atoms with Gasteiger partial charge in [-0.1, -0.05) is 13.8 Å². The molecule has 12 heteroatoms. The molecule has 9 N–H and O–H groups in total. The fourth-order valence-corrected chi connectivity index (χ4v) is 2.36. The predicted octanol–water partition coefficient (Wildman–Crippen LogP) is -3.35. The molecule has 0 saturated heterocycles. The highest BCUT2D eigenvalue weighted by molar-refractivity contribution is 5.94. The minimum Gasteiger partial charge on any atom is -0.480 e. The van der Waals surface area contributed by atoms with Crippen LogP contribution in [0.15, 0.2) is 0 Å². The van der Waals surface area contributed by atoms with Crippen molar-refractivity contribution in [3.63, 3.8) is 0 Å². The molecular weight excluding hydrogens is 388 g/mol. The maximum Gasteiger partial charge on any atom is 0.328 e. The minimum atomic E-state index is -1.64. The van der Waals surface area contributed by atoms with Crippen LogP contribution in [0, 0.1) is 5.92 Å². The van der Waals surface area contributed by atoms with E-state index in [1.807, 2.05) is 5.32 Å². The van der Waals surface area contributed by atoms with Gasteiger partial charge in [-0.25, -0.2) is 4.79 Å². The van der Waals surface area contributed by atoms with E-state index < -0.39 is 66.7 Å². The van der Waals surface area contributed by atoms with Crippen LogP contribution in [-0.4, -0.2) is 87.1 Å². The van der Waals surface area contributed by atoms with Gasteiger partial charge in [0.1, 0.15) is 18.1 Å². The van der Waals surface area contributed by atoms with Crippen molar-refractivity contribution in [2.24, 2.45) is 11.7 Å². The Kier molecular flexibility index (Phi) is 11.3. The molecule has 0 aromatic carbocycles. The molecule has 0 heterocycles. The van der Waals surface area contributed by atoms with Gasteiger partial charge in [-0.05, 0) is 26.2 Å². The molecule has 0 aliphatic rings. The Morgan fingerprint density at radius 3 is 1.69 bits per heavy atom. The molecule has 0 saturated carbocycles. The molecule has 6 unspecified atom stereocenters. The number of nitrogens with two attached hydrogens (primary N) is 1. The number of amides is 3. The summed E-state index contributed by atoms with van der Waals surface area (Å²) in [7, 11) is 0. The molecule has 0 aliphatic carbocycles. The first-order valence-electron chi connectivity index (χ1n) is 9.18. The zero-order valence-electron chi connectivity index (χ0n) is 17.0. The molecule has 3 amide bonds. The van der Waals surface area contributed by atoms with E-state index in [0.29, 0.717) is 0 Å². The van der Waals surface area contributed by atoms with E-state index >= 15 is 0 Å². The molecule has 12 nitrogen and oxygen atoms in total. The Morgan fingerprint density at radius 2 is 1.31 bits per heavy atom. The molecular formula is C17H32N4O8. The smallest absolute Gasteiger partial charge is 0.328 e. The van der Waals surface area contributed by atoms with Crippen LogP contribution >= 0.6 is 0 Å². The average molecular weight is 420 g/mol. The minimum absolute atomic E-state index is 0.0399. The third kappa shape index (κ3) is 9.17. The van der Waals surface area contributed by atoms with Crippen LogP contribution in [-0.2, 0) is 19.2 Å². The fraction of sp³-hybridized carbons (Fsp3) is 0.765. The van der Waals surface area contributed by atoms with E-state index in [4.69, 9.17) is 15.9 Å². The topological polar surface area (TPSA) is 211 Å². The van der Waals surface area contributed by atoms with Crippen molar-refractivity contribution in [2.75, 3.05) is 6.61 Å². The Hall–Kier alpha value is -2.28. The van der Waals surface area contributed by atoms with Crippen molar-refractivity contribution in [2.45, 2.75) is 70.5 Å². The summed E-state index contributed by atoms with van der Waals surface area (Å²) in [5.74, 6) is -4.13. The summed E-state index contributed by atoms with van der Waals surface area (Å²) in [6, 6.07) is -5.53. The van der Waals surface area contributed by atoms with Gasteiger partial charge in [0.15, 0.2) is 6.04 Å². The third-order valence-electron chi connectivity index (χ3n) is 3.98. The van der Waals surface area contributed by atoms with Gasteiger partial charge < -0.3 is 42.1 Å².